The van der Waals surface area contributed by atoms with Crippen LogP contribution in [0.5, 0.6) is 0 Å². The van der Waals surface area contributed by atoms with Crippen molar-refractivity contribution in [2.24, 2.45) is 7.05 Å². The zero-order chi connectivity index (χ0) is 14.2. The van der Waals surface area contributed by atoms with Crippen LogP contribution in [-0.2, 0) is 16.5 Å². The van der Waals surface area contributed by atoms with Crippen molar-refractivity contribution >= 4 is 32.8 Å². The lowest BCUT2D eigenvalue weighted by Gasteiger charge is -2.22. The Morgan fingerprint density at radius 1 is 1.40 bits per heavy atom. The maximum absolute atomic E-state index is 5.57. The van der Waals surface area contributed by atoms with Crippen LogP contribution in [0.2, 0.25) is 0 Å². The van der Waals surface area contributed by atoms with Crippen LogP contribution in [0.25, 0.3) is 11.0 Å². The molecule has 1 N–H and O–H groups in total. The second kappa shape index (κ2) is 5.27. The molecule has 3 rings (SSSR count). The summed E-state index contributed by atoms with van der Waals surface area (Å²) in [6, 6.07) is 0. The Morgan fingerprint density at radius 2 is 2.15 bits per heavy atom. The van der Waals surface area contributed by atoms with Crippen molar-refractivity contribution in [2.45, 2.75) is 19.1 Å². The van der Waals surface area contributed by atoms with Gasteiger partial charge in [-0.2, -0.15) is 5.10 Å². The average molecular weight is 342 g/mol. The lowest BCUT2D eigenvalue weighted by molar-refractivity contribution is -0.144. The quantitative estimate of drug-likeness (QED) is 0.912. The molecular weight excluding hydrogens is 326 g/mol. The van der Waals surface area contributed by atoms with E-state index in [1.165, 1.54) is 6.33 Å². The molecule has 1 aliphatic rings. The van der Waals surface area contributed by atoms with Gasteiger partial charge in [0.25, 0.3) is 0 Å². The van der Waals surface area contributed by atoms with Crippen molar-refractivity contribution in [3.05, 3.63) is 10.9 Å². The molecule has 0 aliphatic carbocycles. The number of nitrogens with one attached hydrogen (secondary N) is 1. The van der Waals surface area contributed by atoms with Crippen molar-refractivity contribution < 1.29 is 9.47 Å². The van der Waals surface area contributed by atoms with Gasteiger partial charge >= 0.3 is 0 Å². The number of rotatable bonds is 4. The molecule has 2 aromatic rings. The van der Waals surface area contributed by atoms with Crippen molar-refractivity contribution in [3.63, 3.8) is 0 Å². The van der Waals surface area contributed by atoms with Gasteiger partial charge in [0.2, 0.25) is 0 Å². The van der Waals surface area contributed by atoms with Crippen LogP contribution in [0, 0.1) is 0 Å². The number of nitrogens with zero attached hydrogens (tertiary/aromatic N) is 4. The third-order valence-corrected chi connectivity index (χ3v) is 3.90. The minimum Gasteiger partial charge on any atom is -0.369 e. The van der Waals surface area contributed by atoms with E-state index in [1.807, 2.05) is 14.0 Å². The fraction of sp³-hybridized carbons (Fsp3) is 0.583. The smallest absolute Gasteiger partial charge is 0.167 e. The maximum atomic E-state index is 5.57. The Hall–Kier alpha value is -1.25. The van der Waals surface area contributed by atoms with Crippen molar-refractivity contribution in [1.29, 1.82) is 0 Å². The van der Waals surface area contributed by atoms with Gasteiger partial charge in [-0.1, -0.05) is 0 Å². The number of aryl methyl sites for hydroxylation is 1. The third-order valence-electron chi connectivity index (χ3n) is 3.35. The fourth-order valence-corrected chi connectivity index (χ4v) is 2.89. The van der Waals surface area contributed by atoms with E-state index in [-0.39, 0.29) is 0 Å². The van der Waals surface area contributed by atoms with Crippen LogP contribution in [0.3, 0.4) is 0 Å². The zero-order valence-electron chi connectivity index (χ0n) is 11.4. The van der Waals surface area contributed by atoms with Gasteiger partial charge in [-0.15, -0.1) is 0 Å². The molecule has 2 aromatic heterocycles. The topological polar surface area (TPSA) is 74.1 Å². The molecule has 0 atom stereocenters. The summed E-state index contributed by atoms with van der Waals surface area (Å²) in [6.45, 7) is 3.96. The Balaban J connectivity index is 1.74. The van der Waals surface area contributed by atoms with E-state index in [9.17, 15) is 0 Å². The molecule has 0 amide bonds. The molecule has 0 bridgehead atoms. The second-order valence-electron chi connectivity index (χ2n) is 4.84. The summed E-state index contributed by atoms with van der Waals surface area (Å²) in [6.07, 6.45) is 2.28. The Bertz CT molecular complexity index is 624. The third kappa shape index (κ3) is 2.50. The Morgan fingerprint density at radius 3 is 2.90 bits per heavy atom. The van der Waals surface area contributed by atoms with Gasteiger partial charge in [0, 0.05) is 20.0 Å². The van der Waals surface area contributed by atoms with Gasteiger partial charge in [-0.25, -0.2) is 14.6 Å². The molecule has 0 unspecified atom stereocenters. The van der Waals surface area contributed by atoms with Crippen LogP contribution < -0.4 is 5.32 Å². The maximum Gasteiger partial charge on any atom is 0.167 e. The first kappa shape index (κ1) is 13.7. The van der Waals surface area contributed by atoms with Crippen LogP contribution in [-0.4, -0.2) is 45.3 Å². The fourth-order valence-electron chi connectivity index (χ4n) is 2.28. The molecule has 108 valence electrons. The van der Waals surface area contributed by atoms with E-state index in [4.69, 9.17) is 9.47 Å². The number of hydrogen-bond donors (Lipinski definition) is 1. The molecule has 1 fully saturated rings. The standard InChI is InChI=1S/C12H16BrN5O2/c1-12(19-5-6-20-12)3-4-14-10-8-9(13)17-18(2)11(8)16-7-15-10/h7H,3-6H2,1-2H3,(H,14,15,16). The first-order valence-corrected chi connectivity index (χ1v) is 7.23. The molecule has 8 heteroatoms. The van der Waals surface area contributed by atoms with E-state index in [2.05, 4.69) is 36.3 Å². The Labute approximate surface area is 124 Å². The molecule has 0 saturated carbocycles. The number of ether oxygens (including phenoxy) is 2. The second-order valence-corrected chi connectivity index (χ2v) is 5.59. The summed E-state index contributed by atoms with van der Waals surface area (Å²) in [5, 5.41) is 8.47. The average Bonchev–Trinajstić information content (AvgIpc) is 2.96. The van der Waals surface area contributed by atoms with E-state index >= 15 is 0 Å². The van der Waals surface area contributed by atoms with Crippen molar-refractivity contribution in [2.75, 3.05) is 25.1 Å². The molecule has 3 heterocycles. The van der Waals surface area contributed by atoms with E-state index in [0.29, 0.717) is 19.8 Å². The van der Waals surface area contributed by atoms with Gasteiger partial charge < -0.3 is 14.8 Å². The van der Waals surface area contributed by atoms with E-state index in [1.54, 1.807) is 4.68 Å². The van der Waals surface area contributed by atoms with Gasteiger partial charge in [-0.3, -0.25) is 0 Å². The number of anilines is 1. The van der Waals surface area contributed by atoms with Crippen molar-refractivity contribution in [3.8, 4) is 0 Å². The molecule has 1 aliphatic heterocycles. The highest BCUT2D eigenvalue weighted by Crippen LogP contribution is 2.27. The number of aromatic nitrogens is 4. The molecule has 1 saturated heterocycles. The molecule has 20 heavy (non-hydrogen) atoms. The first-order chi connectivity index (χ1) is 9.59. The lowest BCUT2D eigenvalue weighted by Crippen LogP contribution is -2.28. The Kier molecular flexibility index (Phi) is 3.61. The van der Waals surface area contributed by atoms with Gasteiger partial charge in [0.15, 0.2) is 11.4 Å². The number of halogens is 1. The highest BCUT2D eigenvalue weighted by Gasteiger charge is 2.30. The van der Waals surface area contributed by atoms with Crippen LogP contribution in [0.4, 0.5) is 5.82 Å². The summed E-state index contributed by atoms with van der Waals surface area (Å²) in [5.41, 5.74) is 0.786. The molecule has 0 radical (unpaired) electrons. The summed E-state index contributed by atoms with van der Waals surface area (Å²) in [7, 11) is 1.85. The summed E-state index contributed by atoms with van der Waals surface area (Å²) in [5.74, 6) is 0.266. The molecule has 0 aromatic carbocycles. The normalized spacial score (nSPS) is 17.8. The van der Waals surface area contributed by atoms with Crippen LogP contribution >= 0.6 is 15.9 Å². The monoisotopic (exact) mass is 341 g/mol. The SMILES string of the molecule is Cn1nc(Br)c2c(NCCC3(C)OCCO3)ncnc21. The summed E-state index contributed by atoms with van der Waals surface area (Å²) >= 11 is 3.44. The zero-order valence-corrected chi connectivity index (χ0v) is 13.0. The predicted octanol–water partition coefficient (Wildman–Crippen LogP) is 1.69. The molecular formula is C12H16BrN5O2. The van der Waals surface area contributed by atoms with Gasteiger partial charge in [-0.05, 0) is 22.9 Å². The largest absolute Gasteiger partial charge is 0.369 e. The number of hydrogen-bond acceptors (Lipinski definition) is 6. The molecule has 7 nitrogen and oxygen atoms in total. The summed E-state index contributed by atoms with van der Waals surface area (Å²) < 4.78 is 13.6. The number of fused-ring (bicyclic) bond motifs is 1. The predicted molar refractivity (Wildman–Crippen MR) is 77.4 cm³/mol. The minimum atomic E-state index is -0.495. The van der Waals surface area contributed by atoms with Crippen LogP contribution in [0.15, 0.2) is 10.9 Å². The van der Waals surface area contributed by atoms with E-state index < -0.39 is 5.79 Å². The van der Waals surface area contributed by atoms with Gasteiger partial charge in [0.1, 0.15) is 16.7 Å². The van der Waals surface area contributed by atoms with E-state index in [0.717, 1.165) is 27.9 Å². The summed E-state index contributed by atoms with van der Waals surface area (Å²) in [4.78, 5) is 8.51. The highest BCUT2D eigenvalue weighted by atomic mass is 79.9. The molecule has 0 spiro atoms. The highest BCUT2D eigenvalue weighted by molar-refractivity contribution is 9.10. The van der Waals surface area contributed by atoms with Crippen molar-refractivity contribution in [1.82, 2.24) is 19.7 Å². The minimum absolute atomic E-state index is 0.495. The van der Waals surface area contributed by atoms with Crippen LogP contribution in [0.1, 0.15) is 13.3 Å². The lowest BCUT2D eigenvalue weighted by atomic mass is 10.2. The first-order valence-electron chi connectivity index (χ1n) is 6.44. The van der Waals surface area contributed by atoms with Gasteiger partial charge in [0.05, 0.1) is 18.6 Å².